The third-order valence-electron chi connectivity index (χ3n) is 7.21. The summed E-state index contributed by atoms with van der Waals surface area (Å²) in [6.45, 7) is 2.59. The third kappa shape index (κ3) is 5.98. The number of aliphatic hydroxyl groups excluding tert-OH is 1. The van der Waals surface area contributed by atoms with Gasteiger partial charge in [-0.15, -0.1) is 11.8 Å². The van der Waals surface area contributed by atoms with Crippen molar-refractivity contribution < 1.29 is 19.7 Å². The summed E-state index contributed by atoms with van der Waals surface area (Å²) in [7, 11) is 1.59. The van der Waals surface area contributed by atoms with Crippen molar-refractivity contribution in [3.05, 3.63) is 59.9 Å². The van der Waals surface area contributed by atoms with E-state index in [9.17, 15) is 15.0 Å². The summed E-state index contributed by atoms with van der Waals surface area (Å²) in [5.74, 6) is 0.802. The molecule has 1 aliphatic rings. The molecule has 0 unspecified atom stereocenters. The van der Waals surface area contributed by atoms with Gasteiger partial charge in [-0.05, 0) is 80.2 Å². The van der Waals surface area contributed by atoms with Crippen molar-refractivity contribution in [2.24, 2.45) is 11.1 Å². The predicted octanol–water partition coefficient (Wildman–Crippen LogP) is 3.87. The Morgan fingerprint density at radius 2 is 2.06 bits per heavy atom. The van der Waals surface area contributed by atoms with Crippen LogP contribution in [0.15, 0.2) is 53.8 Å². The fourth-order valence-corrected chi connectivity index (χ4v) is 5.83. The monoisotopic (exact) mass is 510 g/mol. The van der Waals surface area contributed by atoms with Crippen LogP contribution in [-0.4, -0.2) is 63.5 Å². The second-order valence-electron chi connectivity index (χ2n) is 9.28. The molecule has 4 rings (SSSR count). The topological polar surface area (TPSA) is 122 Å². The van der Waals surface area contributed by atoms with Crippen LogP contribution in [0, 0.1) is 5.41 Å². The highest BCUT2D eigenvalue weighted by molar-refractivity contribution is 7.99. The van der Waals surface area contributed by atoms with Crippen LogP contribution in [0.1, 0.15) is 42.9 Å². The number of pyridine rings is 2. The Kier molecular flexibility index (Phi) is 8.79. The van der Waals surface area contributed by atoms with Gasteiger partial charge in [-0.2, -0.15) is 0 Å². The normalized spacial score (nSPS) is 16.6. The number of rotatable bonds is 11. The van der Waals surface area contributed by atoms with Gasteiger partial charge in [0.15, 0.2) is 0 Å². The molecular weight excluding hydrogens is 476 g/mol. The fourth-order valence-electron chi connectivity index (χ4n) is 4.96. The third-order valence-corrected chi connectivity index (χ3v) is 8.13. The van der Waals surface area contributed by atoms with Crippen molar-refractivity contribution in [2.45, 2.75) is 43.4 Å². The molecule has 1 aliphatic heterocycles. The number of methoxy groups -OCH3 is 1. The van der Waals surface area contributed by atoms with E-state index in [2.05, 4.69) is 14.9 Å². The molecule has 8 nitrogen and oxygen atoms in total. The molecule has 3 heterocycles. The molecule has 4 N–H and O–H groups in total. The summed E-state index contributed by atoms with van der Waals surface area (Å²) in [5.41, 5.74) is 7.34. The van der Waals surface area contributed by atoms with E-state index < -0.39 is 17.5 Å². The van der Waals surface area contributed by atoms with Crippen molar-refractivity contribution in [2.75, 3.05) is 32.5 Å². The molecule has 1 fully saturated rings. The fraction of sp³-hybridized carbons (Fsp3) is 0.444. The van der Waals surface area contributed by atoms with Gasteiger partial charge in [0.1, 0.15) is 5.75 Å². The number of ether oxygens (including phenoxy) is 1. The summed E-state index contributed by atoms with van der Waals surface area (Å²) in [6, 6.07) is 11.4. The van der Waals surface area contributed by atoms with Crippen LogP contribution in [0.2, 0.25) is 0 Å². The number of aromatic nitrogens is 2. The van der Waals surface area contributed by atoms with Gasteiger partial charge in [-0.25, -0.2) is 4.98 Å². The zero-order valence-electron chi connectivity index (χ0n) is 20.6. The van der Waals surface area contributed by atoms with Gasteiger partial charge in [0.25, 0.3) is 0 Å². The average Bonchev–Trinajstić information content (AvgIpc) is 2.92. The van der Waals surface area contributed by atoms with E-state index in [0.717, 1.165) is 46.9 Å². The van der Waals surface area contributed by atoms with Crippen LogP contribution in [0.3, 0.4) is 0 Å². The lowest BCUT2D eigenvalue weighted by molar-refractivity contribution is -0.153. The van der Waals surface area contributed by atoms with Gasteiger partial charge in [-0.1, -0.05) is 6.07 Å². The van der Waals surface area contributed by atoms with Crippen molar-refractivity contribution in [1.82, 2.24) is 14.9 Å². The number of aliphatic hydroxyl groups is 1. The number of hydrogen-bond donors (Lipinski definition) is 3. The van der Waals surface area contributed by atoms with Crippen molar-refractivity contribution in [3.8, 4) is 5.75 Å². The summed E-state index contributed by atoms with van der Waals surface area (Å²) in [4.78, 5) is 23.5. The largest absolute Gasteiger partial charge is 0.497 e. The molecular formula is C27H34N4O4S. The second kappa shape index (κ2) is 12.0. The van der Waals surface area contributed by atoms with E-state index >= 15 is 0 Å². The minimum Gasteiger partial charge on any atom is -0.497 e. The number of likely N-dealkylation sites (tertiary alicyclic amines) is 1. The lowest BCUT2D eigenvalue weighted by Gasteiger charge is -2.39. The summed E-state index contributed by atoms with van der Waals surface area (Å²) in [6.07, 6.45) is 4.52. The molecule has 0 spiro atoms. The molecule has 1 atom stereocenters. The van der Waals surface area contributed by atoms with Gasteiger partial charge >= 0.3 is 5.97 Å². The number of thioether (sulfide) groups is 1. The number of aliphatic carboxylic acids is 1. The minimum atomic E-state index is -0.842. The number of nitrogens with two attached hydrogens (primary N) is 1. The Morgan fingerprint density at radius 1 is 1.25 bits per heavy atom. The van der Waals surface area contributed by atoms with E-state index in [4.69, 9.17) is 10.5 Å². The maximum atomic E-state index is 12.4. The number of nitrogens with zero attached hydrogens (tertiary/aromatic N) is 3. The lowest BCUT2D eigenvalue weighted by atomic mass is 9.74. The van der Waals surface area contributed by atoms with Gasteiger partial charge < -0.3 is 25.6 Å². The van der Waals surface area contributed by atoms with Gasteiger partial charge in [0.05, 0.1) is 29.2 Å². The average molecular weight is 511 g/mol. The molecule has 0 radical (unpaired) electrons. The van der Waals surface area contributed by atoms with Crippen LogP contribution in [0.5, 0.6) is 5.75 Å². The van der Waals surface area contributed by atoms with E-state index in [1.54, 1.807) is 31.3 Å². The molecule has 0 amide bonds. The first-order valence-electron chi connectivity index (χ1n) is 12.3. The highest BCUT2D eigenvalue weighted by Gasteiger charge is 2.41. The molecule has 2 aromatic heterocycles. The molecule has 1 saturated heterocycles. The zero-order chi connectivity index (χ0) is 25.5. The number of piperidine rings is 1. The van der Waals surface area contributed by atoms with Gasteiger partial charge in [0, 0.05) is 36.6 Å². The van der Waals surface area contributed by atoms with Crippen molar-refractivity contribution >= 4 is 28.6 Å². The van der Waals surface area contributed by atoms with Crippen molar-refractivity contribution in [3.63, 3.8) is 0 Å². The summed E-state index contributed by atoms with van der Waals surface area (Å²) < 4.78 is 5.37. The molecule has 0 saturated carbocycles. The maximum absolute atomic E-state index is 12.4. The molecule has 0 aliphatic carbocycles. The van der Waals surface area contributed by atoms with Crippen LogP contribution in [0.25, 0.3) is 10.9 Å². The summed E-state index contributed by atoms with van der Waals surface area (Å²) >= 11 is 1.71. The Balaban J connectivity index is 1.40. The number of carboxylic acid groups (broad SMARTS) is 1. The Bertz CT molecular complexity index is 1160. The SMILES string of the molecule is COc1ccc2ncc(CN)c([C@@H](O)CCC3(C(=O)O)CCN(CCSc4ccccn4)CC3)c2c1. The number of benzene rings is 1. The van der Waals surface area contributed by atoms with Crippen LogP contribution in [0.4, 0.5) is 0 Å². The first-order valence-corrected chi connectivity index (χ1v) is 13.3. The number of carbonyl (C=O) groups is 1. The first-order chi connectivity index (χ1) is 17.5. The second-order valence-corrected chi connectivity index (χ2v) is 10.4. The molecule has 0 bridgehead atoms. The quantitative estimate of drug-likeness (QED) is 0.330. The van der Waals surface area contributed by atoms with Gasteiger partial charge in [-0.3, -0.25) is 9.78 Å². The Labute approximate surface area is 215 Å². The first kappa shape index (κ1) is 26.3. The van der Waals surface area contributed by atoms with Crippen molar-refractivity contribution in [1.29, 1.82) is 0 Å². The van der Waals surface area contributed by atoms with Crippen LogP contribution >= 0.6 is 11.8 Å². The maximum Gasteiger partial charge on any atom is 0.309 e. The molecule has 192 valence electrons. The molecule has 1 aromatic carbocycles. The predicted molar refractivity (Wildman–Crippen MR) is 141 cm³/mol. The molecule has 36 heavy (non-hydrogen) atoms. The minimum absolute atomic E-state index is 0.238. The molecule has 3 aromatic rings. The highest BCUT2D eigenvalue weighted by Crippen LogP contribution is 2.40. The summed E-state index contributed by atoms with van der Waals surface area (Å²) in [5, 5.41) is 23.2. The molecule has 9 heteroatoms. The lowest BCUT2D eigenvalue weighted by Crippen LogP contribution is -2.45. The zero-order valence-corrected chi connectivity index (χ0v) is 21.4. The Morgan fingerprint density at radius 3 is 2.72 bits per heavy atom. The van der Waals surface area contributed by atoms with E-state index in [1.807, 2.05) is 36.4 Å². The van der Waals surface area contributed by atoms with Gasteiger partial charge in [0.2, 0.25) is 0 Å². The highest BCUT2D eigenvalue weighted by atomic mass is 32.2. The van der Waals surface area contributed by atoms with E-state index in [-0.39, 0.29) is 6.54 Å². The number of fused-ring (bicyclic) bond motifs is 1. The standard InChI is InChI=1S/C27H34N4O4S/c1-35-20-5-6-22-21(16-20)25(19(17-28)18-30-22)23(32)7-8-27(26(33)34)9-12-31(13-10-27)14-15-36-24-4-2-3-11-29-24/h2-6,11,16,18,23,32H,7-10,12-15,17,28H2,1H3,(H,33,34)/t23-/m0/s1. The Hall–Kier alpha value is -2.72. The van der Waals surface area contributed by atoms with E-state index in [0.29, 0.717) is 37.0 Å². The number of hydrogen-bond acceptors (Lipinski definition) is 8. The van der Waals surface area contributed by atoms with Crippen LogP contribution in [-0.2, 0) is 11.3 Å². The number of carboxylic acids is 1. The van der Waals surface area contributed by atoms with E-state index in [1.165, 1.54) is 0 Å². The van der Waals surface area contributed by atoms with Crippen LogP contribution < -0.4 is 10.5 Å². The smallest absolute Gasteiger partial charge is 0.309 e.